The SMILES string of the molecule is O=C(Nc1ccc(C(F)(F)F)cc1)N1CC[C@@H](N2CCc3ccccc3C2)C1. The van der Waals surface area contributed by atoms with Gasteiger partial charge in [-0.1, -0.05) is 24.3 Å². The average Bonchev–Trinajstić information content (AvgIpc) is 3.18. The largest absolute Gasteiger partial charge is 0.416 e. The molecule has 2 aliphatic heterocycles. The first-order valence-electron chi connectivity index (χ1n) is 9.44. The van der Waals surface area contributed by atoms with E-state index in [0.717, 1.165) is 38.1 Å². The molecule has 0 saturated carbocycles. The lowest BCUT2D eigenvalue weighted by Crippen LogP contribution is -2.42. The van der Waals surface area contributed by atoms with E-state index in [1.165, 1.54) is 23.3 Å². The lowest BCUT2D eigenvalue weighted by atomic mass is 9.98. The van der Waals surface area contributed by atoms with Crippen molar-refractivity contribution in [2.45, 2.75) is 31.6 Å². The minimum Gasteiger partial charge on any atom is -0.323 e. The molecular formula is C21H22F3N3O. The Morgan fingerprint density at radius 2 is 1.71 bits per heavy atom. The first-order valence-corrected chi connectivity index (χ1v) is 9.44. The molecule has 4 rings (SSSR count). The number of likely N-dealkylation sites (tertiary alicyclic amines) is 1. The van der Waals surface area contributed by atoms with Crippen LogP contribution < -0.4 is 5.32 Å². The summed E-state index contributed by atoms with van der Waals surface area (Å²) in [6, 6.07) is 13.0. The summed E-state index contributed by atoms with van der Waals surface area (Å²) in [5.74, 6) is 0. The molecule has 1 fully saturated rings. The molecule has 0 bridgehead atoms. The Bertz CT molecular complexity index is 851. The predicted octanol–water partition coefficient (Wildman–Crippen LogP) is 4.37. The number of nitrogens with zero attached hydrogens (tertiary/aromatic N) is 2. The molecule has 4 nitrogen and oxygen atoms in total. The molecule has 2 amide bonds. The van der Waals surface area contributed by atoms with Crippen molar-refractivity contribution < 1.29 is 18.0 Å². The van der Waals surface area contributed by atoms with Crippen LogP contribution in [0.15, 0.2) is 48.5 Å². The second-order valence-corrected chi connectivity index (χ2v) is 7.38. The van der Waals surface area contributed by atoms with Crippen LogP contribution in [0, 0.1) is 0 Å². The van der Waals surface area contributed by atoms with Gasteiger partial charge in [0.05, 0.1) is 5.56 Å². The summed E-state index contributed by atoms with van der Waals surface area (Å²) < 4.78 is 37.9. The maximum Gasteiger partial charge on any atom is 0.416 e. The number of nitrogens with one attached hydrogen (secondary N) is 1. The number of urea groups is 1. The first kappa shape index (κ1) is 18.8. The summed E-state index contributed by atoms with van der Waals surface area (Å²) in [4.78, 5) is 16.7. The first-order chi connectivity index (χ1) is 13.4. The second kappa shape index (κ2) is 7.47. The second-order valence-electron chi connectivity index (χ2n) is 7.38. The van der Waals surface area contributed by atoms with Gasteiger partial charge in [-0.3, -0.25) is 4.90 Å². The average molecular weight is 389 g/mol. The van der Waals surface area contributed by atoms with Crippen LogP contribution in [0.2, 0.25) is 0 Å². The van der Waals surface area contributed by atoms with Gasteiger partial charge in [-0.2, -0.15) is 13.2 Å². The number of carbonyl (C=O) groups excluding carboxylic acids is 1. The smallest absolute Gasteiger partial charge is 0.323 e. The fourth-order valence-electron chi connectivity index (χ4n) is 4.00. The standard InChI is InChI=1S/C21H22F3N3O/c22-21(23,24)17-5-7-18(8-6-17)25-20(28)27-12-10-19(14-27)26-11-9-15-3-1-2-4-16(15)13-26/h1-8,19H,9-14H2,(H,25,28)/t19-/m1/s1. The lowest BCUT2D eigenvalue weighted by molar-refractivity contribution is -0.137. The molecule has 2 aliphatic rings. The Hall–Kier alpha value is -2.54. The monoisotopic (exact) mass is 389 g/mol. The van der Waals surface area contributed by atoms with Crippen molar-refractivity contribution >= 4 is 11.7 Å². The van der Waals surface area contributed by atoms with Crippen molar-refractivity contribution in [3.8, 4) is 0 Å². The van der Waals surface area contributed by atoms with E-state index in [1.807, 2.05) is 0 Å². The molecule has 7 heteroatoms. The van der Waals surface area contributed by atoms with Crippen LogP contribution in [0.1, 0.15) is 23.1 Å². The molecule has 2 aromatic rings. The van der Waals surface area contributed by atoms with Gasteiger partial charge in [0, 0.05) is 37.9 Å². The maximum absolute atomic E-state index is 12.6. The zero-order chi connectivity index (χ0) is 19.7. The molecule has 0 radical (unpaired) electrons. The Morgan fingerprint density at radius 1 is 1.00 bits per heavy atom. The molecule has 0 aliphatic carbocycles. The Morgan fingerprint density at radius 3 is 2.43 bits per heavy atom. The van der Waals surface area contributed by atoms with Crippen molar-refractivity contribution in [2.24, 2.45) is 0 Å². The van der Waals surface area contributed by atoms with Gasteiger partial charge < -0.3 is 10.2 Å². The van der Waals surface area contributed by atoms with E-state index in [-0.39, 0.29) is 6.03 Å². The van der Waals surface area contributed by atoms with Crippen molar-refractivity contribution in [2.75, 3.05) is 25.0 Å². The number of halogens is 3. The topological polar surface area (TPSA) is 35.6 Å². The number of hydrogen-bond acceptors (Lipinski definition) is 2. The third-order valence-electron chi connectivity index (χ3n) is 5.59. The fraction of sp³-hybridized carbons (Fsp3) is 0.381. The number of alkyl halides is 3. The molecule has 1 saturated heterocycles. The summed E-state index contributed by atoms with van der Waals surface area (Å²) in [7, 11) is 0. The number of anilines is 1. The summed E-state index contributed by atoms with van der Waals surface area (Å²) >= 11 is 0. The molecule has 148 valence electrons. The van der Waals surface area contributed by atoms with E-state index in [4.69, 9.17) is 0 Å². The van der Waals surface area contributed by atoms with Crippen molar-refractivity contribution in [3.63, 3.8) is 0 Å². The van der Waals surface area contributed by atoms with Crippen molar-refractivity contribution in [1.29, 1.82) is 0 Å². The van der Waals surface area contributed by atoms with Crippen LogP contribution in [0.25, 0.3) is 0 Å². The van der Waals surface area contributed by atoms with Crippen molar-refractivity contribution in [3.05, 3.63) is 65.2 Å². The fourth-order valence-corrected chi connectivity index (χ4v) is 4.00. The van der Waals surface area contributed by atoms with Crippen LogP contribution in [-0.4, -0.2) is 41.5 Å². The highest BCUT2D eigenvalue weighted by Crippen LogP contribution is 2.30. The summed E-state index contributed by atoms with van der Waals surface area (Å²) in [6.07, 6.45) is -2.45. The zero-order valence-electron chi connectivity index (χ0n) is 15.4. The Kier molecular flexibility index (Phi) is 5.02. The summed E-state index contributed by atoms with van der Waals surface area (Å²) in [6.45, 7) is 3.16. The van der Waals surface area contributed by atoms with Gasteiger partial charge in [0.25, 0.3) is 0 Å². The molecule has 1 atom stereocenters. The van der Waals surface area contributed by atoms with Gasteiger partial charge in [0.2, 0.25) is 0 Å². The highest BCUT2D eigenvalue weighted by Gasteiger charge is 2.32. The number of hydrogen-bond donors (Lipinski definition) is 1. The quantitative estimate of drug-likeness (QED) is 0.828. The predicted molar refractivity (Wildman–Crippen MR) is 101 cm³/mol. The molecule has 2 heterocycles. The third kappa shape index (κ3) is 3.99. The van der Waals surface area contributed by atoms with Gasteiger partial charge in [0.15, 0.2) is 0 Å². The van der Waals surface area contributed by atoms with Gasteiger partial charge in [-0.15, -0.1) is 0 Å². The van der Waals surface area contributed by atoms with E-state index in [9.17, 15) is 18.0 Å². The van der Waals surface area contributed by atoms with E-state index < -0.39 is 11.7 Å². The number of amides is 2. The van der Waals surface area contributed by atoms with Crippen LogP contribution in [0.4, 0.5) is 23.7 Å². The normalized spacial score (nSPS) is 20.1. The van der Waals surface area contributed by atoms with E-state index in [2.05, 4.69) is 34.5 Å². The number of rotatable bonds is 2. The Labute approximate surface area is 161 Å². The highest BCUT2D eigenvalue weighted by molar-refractivity contribution is 5.89. The lowest BCUT2D eigenvalue weighted by Gasteiger charge is -2.33. The molecule has 0 aromatic heterocycles. The molecule has 2 aromatic carbocycles. The third-order valence-corrected chi connectivity index (χ3v) is 5.59. The molecule has 1 N–H and O–H groups in total. The molecule has 0 spiro atoms. The van der Waals surface area contributed by atoms with Crippen molar-refractivity contribution in [1.82, 2.24) is 9.80 Å². The van der Waals surface area contributed by atoms with Crippen LogP contribution in [-0.2, 0) is 19.1 Å². The summed E-state index contributed by atoms with van der Waals surface area (Å²) in [5, 5.41) is 2.70. The minimum absolute atomic E-state index is 0.264. The van der Waals surface area contributed by atoms with Crippen LogP contribution in [0.3, 0.4) is 0 Å². The van der Waals surface area contributed by atoms with E-state index >= 15 is 0 Å². The minimum atomic E-state index is -4.38. The number of fused-ring (bicyclic) bond motifs is 1. The van der Waals surface area contributed by atoms with Gasteiger partial charge in [-0.25, -0.2) is 4.79 Å². The molecule has 0 unspecified atom stereocenters. The maximum atomic E-state index is 12.6. The molecular weight excluding hydrogens is 367 g/mol. The highest BCUT2D eigenvalue weighted by atomic mass is 19.4. The van der Waals surface area contributed by atoms with E-state index in [0.29, 0.717) is 24.8 Å². The van der Waals surface area contributed by atoms with Gasteiger partial charge >= 0.3 is 12.2 Å². The van der Waals surface area contributed by atoms with Crippen LogP contribution >= 0.6 is 0 Å². The Balaban J connectivity index is 1.33. The van der Waals surface area contributed by atoms with E-state index in [1.54, 1.807) is 4.90 Å². The number of carbonyl (C=O) groups is 1. The van der Waals surface area contributed by atoms with Gasteiger partial charge in [0.1, 0.15) is 0 Å². The summed E-state index contributed by atoms with van der Waals surface area (Å²) in [5.41, 5.74) is 2.39. The molecule has 28 heavy (non-hydrogen) atoms. The van der Waals surface area contributed by atoms with Gasteiger partial charge in [-0.05, 0) is 48.2 Å². The zero-order valence-corrected chi connectivity index (χ0v) is 15.4. The van der Waals surface area contributed by atoms with Crippen LogP contribution in [0.5, 0.6) is 0 Å². The number of benzene rings is 2.